The van der Waals surface area contributed by atoms with Gasteiger partial charge in [-0.2, -0.15) is 0 Å². The van der Waals surface area contributed by atoms with Gasteiger partial charge in [-0.3, -0.25) is 0 Å². The topological polar surface area (TPSA) is 3.24 Å². The molecule has 0 fully saturated rings. The highest BCUT2D eigenvalue weighted by molar-refractivity contribution is 7.18. The largest absolute Gasteiger partial charge is 0.309 e. The smallest absolute Gasteiger partial charge is 0.0726 e. The van der Waals surface area contributed by atoms with Crippen molar-refractivity contribution < 1.29 is 0 Å². The standard InChI is InChI=1S/C59H37NS/c1-2-17-38(18-3-1)56-35-36-57(61-56)49-26-11-15-31-54(49)60(55-32-16-27-48-42-20-5-4-19-40(42)41-21-6-7-25-47(41)58(48)55)39-33-34-46-45-24-10-14-30-52(45)59(53(46)37-39)50-28-12-8-22-43(50)44-23-9-13-29-51(44)59/h1-37H. The summed E-state index contributed by atoms with van der Waals surface area (Å²) in [5.74, 6) is 0. The Morgan fingerprint density at radius 2 is 0.770 bits per heavy atom. The van der Waals surface area contributed by atoms with Crippen molar-refractivity contribution in [2.24, 2.45) is 0 Å². The minimum Gasteiger partial charge on any atom is -0.309 e. The second-order valence-corrected chi connectivity index (χ2v) is 17.4. The second-order valence-electron chi connectivity index (χ2n) is 16.3. The van der Waals surface area contributed by atoms with E-state index >= 15 is 0 Å². The first-order chi connectivity index (χ1) is 30.3. The van der Waals surface area contributed by atoms with E-state index in [1.165, 1.54) is 97.7 Å². The van der Waals surface area contributed by atoms with Crippen molar-refractivity contribution in [3.05, 3.63) is 247 Å². The lowest BCUT2D eigenvalue weighted by atomic mass is 9.70. The molecule has 0 radical (unpaired) electrons. The highest BCUT2D eigenvalue weighted by atomic mass is 32.1. The zero-order valence-corrected chi connectivity index (χ0v) is 34.0. The van der Waals surface area contributed by atoms with Crippen LogP contribution in [0.2, 0.25) is 0 Å². The molecule has 2 aliphatic rings. The molecule has 1 nitrogen and oxygen atoms in total. The van der Waals surface area contributed by atoms with Gasteiger partial charge < -0.3 is 4.90 Å². The van der Waals surface area contributed by atoms with Crippen molar-refractivity contribution in [3.8, 4) is 43.1 Å². The highest BCUT2D eigenvalue weighted by Crippen LogP contribution is 2.63. The predicted molar refractivity (Wildman–Crippen MR) is 259 cm³/mol. The lowest BCUT2D eigenvalue weighted by Crippen LogP contribution is -2.26. The molecule has 1 spiro atoms. The Kier molecular flexibility index (Phi) is 7.46. The average molecular weight is 792 g/mol. The number of nitrogens with zero attached hydrogens (tertiary/aromatic N) is 1. The summed E-state index contributed by atoms with van der Waals surface area (Å²) in [6.07, 6.45) is 0. The Hall–Kier alpha value is -7.52. The molecule has 0 saturated heterocycles. The molecule has 0 aliphatic heterocycles. The Morgan fingerprint density at radius 3 is 1.41 bits per heavy atom. The third kappa shape index (κ3) is 4.83. The molecule has 1 heterocycles. The molecule has 1 aromatic heterocycles. The SMILES string of the molecule is c1ccc(-c2ccc(-c3ccccc3N(c3ccc4c(c3)C3(c5ccccc5-c5ccccc53)c3ccccc3-4)c3cccc4c5ccccc5c5ccccc5c34)s2)cc1. The van der Waals surface area contributed by atoms with Crippen molar-refractivity contribution in [2.45, 2.75) is 5.41 Å². The van der Waals surface area contributed by atoms with Crippen LogP contribution in [0.15, 0.2) is 224 Å². The summed E-state index contributed by atoms with van der Waals surface area (Å²) in [6, 6.07) is 83.6. The van der Waals surface area contributed by atoms with Crippen LogP contribution in [0.5, 0.6) is 0 Å². The van der Waals surface area contributed by atoms with Crippen LogP contribution in [0.25, 0.3) is 75.5 Å². The van der Waals surface area contributed by atoms with E-state index in [1.54, 1.807) is 0 Å². The van der Waals surface area contributed by atoms with Crippen LogP contribution < -0.4 is 4.90 Å². The van der Waals surface area contributed by atoms with Crippen LogP contribution in [0, 0.1) is 0 Å². The molecule has 2 heteroatoms. The fourth-order valence-electron chi connectivity index (χ4n) is 10.9. The fraction of sp³-hybridized carbons (Fsp3) is 0.0169. The monoisotopic (exact) mass is 791 g/mol. The molecule has 11 aromatic rings. The molecule has 0 atom stereocenters. The molecule has 61 heavy (non-hydrogen) atoms. The van der Waals surface area contributed by atoms with Crippen LogP contribution in [-0.4, -0.2) is 0 Å². The normalized spacial score (nSPS) is 13.0. The van der Waals surface area contributed by atoms with Gasteiger partial charge in [0.05, 0.1) is 16.8 Å². The Morgan fingerprint density at radius 1 is 0.311 bits per heavy atom. The van der Waals surface area contributed by atoms with E-state index in [2.05, 4.69) is 229 Å². The van der Waals surface area contributed by atoms with Crippen LogP contribution in [0.3, 0.4) is 0 Å². The van der Waals surface area contributed by atoms with Crippen LogP contribution in [-0.2, 0) is 5.41 Å². The Balaban J connectivity index is 1.13. The van der Waals surface area contributed by atoms with Crippen LogP contribution in [0.4, 0.5) is 17.1 Å². The van der Waals surface area contributed by atoms with Gasteiger partial charge in [0, 0.05) is 26.4 Å². The molecule has 10 aromatic carbocycles. The molecule has 0 bridgehead atoms. The first kappa shape index (κ1) is 34.4. The summed E-state index contributed by atoms with van der Waals surface area (Å²) < 4.78 is 0. The molecular formula is C59H37NS. The molecule has 13 rings (SSSR count). The number of benzene rings is 10. The van der Waals surface area contributed by atoms with E-state index in [0.717, 1.165) is 17.1 Å². The van der Waals surface area contributed by atoms with E-state index in [9.17, 15) is 0 Å². The molecule has 284 valence electrons. The van der Waals surface area contributed by atoms with Gasteiger partial charge >= 0.3 is 0 Å². The van der Waals surface area contributed by atoms with Crippen LogP contribution >= 0.6 is 11.3 Å². The third-order valence-corrected chi connectivity index (χ3v) is 14.5. The number of thiophene rings is 1. The molecular weight excluding hydrogens is 755 g/mol. The number of para-hydroxylation sites is 1. The third-order valence-electron chi connectivity index (χ3n) is 13.3. The van der Waals surface area contributed by atoms with E-state index in [0.29, 0.717) is 0 Å². The maximum atomic E-state index is 2.56. The summed E-state index contributed by atoms with van der Waals surface area (Å²) in [5, 5.41) is 7.55. The maximum absolute atomic E-state index is 2.56. The molecule has 0 N–H and O–H groups in total. The number of hydrogen-bond donors (Lipinski definition) is 0. The first-order valence-corrected chi connectivity index (χ1v) is 21.9. The van der Waals surface area contributed by atoms with Gasteiger partial charge in [-0.1, -0.05) is 188 Å². The summed E-state index contributed by atoms with van der Waals surface area (Å²) in [5.41, 5.74) is 16.0. The van der Waals surface area contributed by atoms with E-state index in [4.69, 9.17) is 0 Å². The minimum atomic E-state index is -0.458. The van der Waals surface area contributed by atoms with Crippen molar-refractivity contribution in [2.75, 3.05) is 4.90 Å². The average Bonchev–Trinajstić information content (AvgIpc) is 4.03. The van der Waals surface area contributed by atoms with Crippen LogP contribution in [0.1, 0.15) is 22.3 Å². The number of hydrogen-bond acceptors (Lipinski definition) is 2. The van der Waals surface area contributed by atoms with Crippen molar-refractivity contribution in [3.63, 3.8) is 0 Å². The molecule has 0 unspecified atom stereocenters. The van der Waals surface area contributed by atoms with E-state index in [-0.39, 0.29) is 0 Å². The summed E-state index contributed by atoms with van der Waals surface area (Å²) in [7, 11) is 0. The van der Waals surface area contributed by atoms with Gasteiger partial charge in [0.25, 0.3) is 0 Å². The van der Waals surface area contributed by atoms with E-state index < -0.39 is 5.41 Å². The molecule has 2 aliphatic carbocycles. The van der Waals surface area contributed by atoms with Crippen molar-refractivity contribution in [1.29, 1.82) is 0 Å². The quantitative estimate of drug-likeness (QED) is 0.157. The predicted octanol–water partition coefficient (Wildman–Crippen LogP) is 16.4. The van der Waals surface area contributed by atoms with Gasteiger partial charge in [0.1, 0.15) is 0 Å². The highest BCUT2D eigenvalue weighted by Gasteiger charge is 2.51. The zero-order valence-electron chi connectivity index (χ0n) is 33.2. The van der Waals surface area contributed by atoms with E-state index in [1.807, 2.05) is 11.3 Å². The maximum Gasteiger partial charge on any atom is 0.0726 e. The zero-order chi connectivity index (χ0) is 40.1. The van der Waals surface area contributed by atoms with Gasteiger partial charge in [-0.15, -0.1) is 11.3 Å². The molecule has 0 amide bonds. The van der Waals surface area contributed by atoms with Crippen molar-refractivity contribution >= 4 is 60.7 Å². The minimum absolute atomic E-state index is 0.458. The van der Waals surface area contributed by atoms with Gasteiger partial charge in [0.15, 0.2) is 0 Å². The first-order valence-electron chi connectivity index (χ1n) is 21.1. The number of anilines is 3. The summed E-state index contributed by atoms with van der Waals surface area (Å²) in [6.45, 7) is 0. The Labute approximate surface area is 359 Å². The number of rotatable bonds is 5. The Bertz CT molecular complexity index is 3450. The fourth-order valence-corrected chi connectivity index (χ4v) is 11.9. The van der Waals surface area contributed by atoms with Gasteiger partial charge in [-0.05, 0) is 113 Å². The number of fused-ring (bicyclic) bond motifs is 16. The summed E-state index contributed by atoms with van der Waals surface area (Å²) >= 11 is 1.85. The second kappa shape index (κ2) is 13.2. The van der Waals surface area contributed by atoms with Gasteiger partial charge in [0.2, 0.25) is 0 Å². The molecule has 0 saturated carbocycles. The lowest BCUT2D eigenvalue weighted by molar-refractivity contribution is 0.793. The van der Waals surface area contributed by atoms with Crippen molar-refractivity contribution in [1.82, 2.24) is 0 Å². The lowest BCUT2D eigenvalue weighted by Gasteiger charge is -2.33. The summed E-state index contributed by atoms with van der Waals surface area (Å²) in [4.78, 5) is 5.05. The van der Waals surface area contributed by atoms with Gasteiger partial charge in [-0.25, -0.2) is 0 Å².